The van der Waals surface area contributed by atoms with E-state index in [1.54, 1.807) is 0 Å². The molecule has 5 heteroatoms. The van der Waals surface area contributed by atoms with Crippen LogP contribution >= 0.6 is 15.9 Å². The molecule has 132 valence electrons. The molecular weight excluding hydrogens is 380 g/mol. The summed E-state index contributed by atoms with van der Waals surface area (Å²) in [4.78, 5) is 26.0. The van der Waals surface area contributed by atoms with Gasteiger partial charge in [-0.1, -0.05) is 15.9 Å². The van der Waals surface area contributed by atoms with Crippen molar-refractivity contribution in [2.45, 2.75) is 44.6 Å². The molecule has 1 spiro atoms. The molecule has 4 fully saturated rings. The Hall–Kier alpha value is -1.36. The fourth-order valence-corrected chi connectivity index (χ4v) is 5.91. The van der Waals surface area contributed by atoms with Gasteiger partial charge in [0.25, 0.3) is 0 Å². The number of anilines is 1. The van der Waals surface area contributed by atoms with E-state index in [1.165, 1.54) is 12.8 Å². The molecule has 25 heavy (non-hydrogen) atoms. The third-order valence-corrected chi connectivity index (χ3v) is 7.52. The van der Waals surface area contributed by atoms with Crippen LogP contribution in [0.3, 0.4) is 0 Å². The quantitative estimate of drug-likeness (QED) is 0.805. The second-order valence-electron chi connectivity index (χ2n) is 8.35. The first kappa shape index (κ1) is 15.9. The molecule has 1 aromatic carbocycles. The molecule has 1 aromatic rings. The number of rotatable bonds is 4. The molecule has 0 unspecified atom stereocenters. The Kier molecular flexibility index (Phi) is 3.53. The second kappa shape index (κ2) is 5.57. The second-order valence-corrected chi connectivity index (χ2v) is 9.27. The van der Waals surface area contributed by atoms with Crippen LogP contribution < -0.4 is 10.6 Å². The van der Waals surface area contributed by atoms with Crippen LogP contribution in [0.25, 0.3) is 0 Å². The lowest BCUT2D eigenvalue weighted by Gasteiger charge is -2.29. The highest BCUT2D eigenvalue weighted by Crippen LogP contribution is 2.74. The van der Waals surface area contributed by atoms with Crippen LogP contribution in [0.15, 0.2) is 28.7 Å². The monoisotopic (exact) mass is 402 g/mol. The summed E-state index contributed by atoms with van der Waals surface area (Å²) in [5.74, 6) is 0.689. The number of carbonyl (C=O) groups is 2. The normalized spacial score (nSPS) is 34.1. The maximum Gasteiger partial charge on any atom is 0.228 e. The minimum Gasteiger partial charge on any atom is -0.353 e. The number of hydrogen-bond donors (Lipinski definition) is 2. The lowest BCUT2D eigenvalue weighted by Crippen LogP contribution is -2.43. The standard InChI is InChI=1S/C20H23BrN2O2/c21-11-1-3-12(4-2-11)22-18(24)16-14-7-8-15(20(14)9-10-20)17(16)19(25)23-13-5-6-13/h1-4,13-17H,5-10H2,(H,22,24)(H,23,25)/t14-,15+,16+,17+/m0/s1. The van der Waals surface area contributed by atoms with E-state index in [1.807, 2.05) is 24.3 Å². The third-order valence-electron chi connectivity index (χ3n) is 6.99. The Labute approximate surface area is 156 Å². The minimum atomic E-state index is -0.163. The number of halogens is 1. The van der Waals surface area contributed by atoms with Crippen molar-refractivity contribution in [3.8, 4) is 0 Å². The summed E-state index contributed by atoms with van der Waals surface area (Å²) in [6, 6.07) is 8.02. The van der Waals surface area contributed by atoms with Gasteiger partial charge < -0.3 is 10.6 Å². The van der Waals surface area contributed by atoms with Crippen molar-refractivity contribution in [2.75, 3.05) is 5.32 Å². The number of nitrogens with one attached hydrogen (secondary N) is 2. The lowest BCUT2D eigenvalue weighted by atomic mass is 9.78. The molecular formula is C20H23BrN2O2. The summed E-state index contributed by atoms with van der Waals surface area (Å²) < 4.78 is 0.990. The predicted octanol–water partition coefficient (Wildman–Crippen LogP) is 3.72. The van der Waals surface area contributed by atoms with E-state index >= 15 is 0 Å². The zero-order valence-corrected chi connectivity index (χ0v) is 15.7. The molecule has 4 nitrogen and oxygen atoms in total. The van der Waals surface area contributed by atoms with Gasteiger partial charge in [0.05, 0.1) is 11.8 Å². The molecule has 0 aromatic heterocycles. The Morgan fingerprint density at radius 2 is 1.52 bits per heavy atom. The van der Waals surface area contributed by atoms with Crippen molar-refractivity contribution >= 4 is 33.4 Å². The summed E-state index contributed by atoms with van der Waals surface area (Å²) in [6.07, 6.45) is 6.82. The van der Waals surface area contributed by atoms with Crippen molar-refractivity contribution in [3.05, 3.63) is 28.7 Å². The van der Waals surface area contributed by atoms with Crippen LogP contribution in [-0.4, -0.2) is 17.9 Å². The summed E-state index contributed by atoms with van der Waals surface area (Å²) in [6.45, 7) is 0. The zero-order chi connectivity index (χ0) is 17.2. The van der Waals surface area contributed by atoms with Crippen LogP contribution in [0.2, 0.25) is 0 Å². The maximum absolute atomic E-state index is 13.1. The molecule has 4 aliphatic rings. The Morgan fingerprint density at radius 1 is 0.920 bits per heavy atom. The van der Waals surface area contributed by atoms with Gasteiger partial charge in [0.1, 0.15) is 0 Å². The van der Waals surface area contributed by atoms with Gasteiger partial charge in [-0.2, -0.15) is 0 Å². The smallest absolute Gasteiger partial charge is 0.228 e. The van der Waals surface area contributed by atoms with Crippen LogP contribution in [0, 0.1) is 29.1 Å². The van der Waals surface area contributed by atoms with Crippen LogP contribution in [-0.2, 0) is 9.59 Å². The number of hydrogen-bond acceptors (Lipinski definition) is 2. The summed E-state index contributed by atoms with van der Waals surface area (Å²) in [5.41, 5.74) is 1.11. The van der Waals surface area contributed by atoms with Gasteiger partial charge in [-0.25, -0.2) is 0 Å². The van der Waals surface area contributed by atoms with E-state index in [-0.39, 0.29) is 23.7 Å². The van der Waals surface area contributed by atoms with Crippen molar-refractivity contribution in [1.29, 1.82) is 0 Å². The first-order valence-electron chi connectivity index (χ1n) is 9.45. The summed E-state index contributed by atoms with van der Waals surface area (Å²) in [7, 11) is 0. The third kappa shape index (κ3) is 2.54. The molecule has 0 radical (unpaired) electrons. The first-order chi connectivity index (χ1) is 12.1. The van der Waals surface area contributed by atoms with Gasteiger partial charge in [-0.3, -0.25) is 9.59 Å². The maximum atomic E-state index is 13.1. The van der Waals surface area contributed by atoms with Crippen molar-refractivity contribution in [1.82, 2.24) is 5.32 Å². The molecule has 2 bridgehead atoms. The highest BCUT2D eigenvalue weighted by atomic mass is 79.9. The van der Waals surface area contributed by atoms with E-state index in [0.29, 0.717) is 23.3 Å². The summed E-state index contributed by atoms with van der Waals surface area (Å²) in [5, 5.41) is 6.25. The molecule has 2 N–H and O–H groups in total. The number of amides is 2. The molecule has 4 aliphatic carbocycles. The van der Waals surface area contributed by atoms with Gasteiger partial charge in [0.15, 0.2) is 0 Å². The van der Waals surface area contributed by atoms with Gasteiger partial charge in [-0.15, -0.1) is 0 Å². The Bertz CT molecular complexity index is 724. The van der Waals surface area contributed by atoms with E-state index in [0.717, 1.165) is 35.8 Å². The average molecular weight is 403 g/mol. The zero-order valence-electron chi connectivity index (χ0n) is 14.1. The fraction of sp³-hybridized carbons (Fsp3) is 0.600. The molecule has 0 heterocycles. The van der Waals surface area contributed by atoms with Crippen molar-refractivity contribution in [2.24, 2.45) is 29.1 Å². The fourth-order valence-electron chi connectivity index (χ4n) is 5.65. The van der Waals surface area contributed by atoms with Crippen LogP contribution in [0.4, 0.5) is 5.69 Å². The minimum absolute atomic E-state index is 0.0387. The van der Waals surface area contributed by atoms with E-state index in [9.17, 15) is 9.59 Å². The lowest BCUT2D eigenvalue weighted by molar-refractivity contribution is -0.134. The van der Waals surface area contributed by atoms with E-state index in [4.69, 9.17) is 0 Å². The number of benzene rings is 1. The SMILES string of the molecule is O=C(NC1CC1)[C@H]1[C@H](C(=O)Nc2ccc(Br)cc2)[C@@H]2CC[C@H]1C21CC1. The van der Waals surface area contributed by atoms with Crippen LogP contribution in [0.1, 0.15) is 38.5 Å². The summed E-state index contributed by atoms with van der Waals surface area (Å²) >= 11 is 3.42. The topological polar surface area (TPSA) is 58.2 Å². The van der Waals surface area contributed by atoms with Crippen LogP contribution in [0.5, 0.6) is 0 Å². The molecule has 4 atom stereocenters. The van der Waals surface area contributed by atoms with E-state index in [2.05, 4.69) is 26.6 Å². The Balaban J connectivity index is 1.39. The van der Waals surface area contributed by atoms with Gasteiger partial charge in [0.2, 0.25) is 11.8 Å². The van der Waals surface area contributed by atoms with Crippen molar-refractivity contribution in [3.63, 3.8) is 0 Å². The largest absolute Gasteiger partial charge is 0.353 e. The number of carbonyl (C=O) groups excluding carboxylic acids is 2. The predicted molar refractivity (Wildman–Crippen MR) is 98.8 cm³/mol. The van der Waals surface area contributed by atoms with E-state index < -0.39 is 0 Å². The molecule has 5 rings (SSSR count). The average Bonchev–Trinajstić information content (AvgIpc) is 3.49. The highest BCUT2D eigenvalue weighted by molar-refractivity contribution is 9.10. The highest BCUT2D eigenvalue weighted by Gasteiger charge is 2.71. The van der Waals surface area contributed by atoms with Gasteiger partial charge >= 0.3 is 0 Å². The molecule has 2 amide bonds. The first-order valence-corrected chi connectivity index (χ1v) is 10.2. The van der Waals surface area contributed by atoms with Gasteiger partial charge in [-0.05, 0) is 80.0 Å². The molecule has 0 aliphatic heterocycles. The molecule has 4 saturated carbocycles. The molecule has 0 saturated heterocycles. The van der Waals surface area contributed by atoms with Crippen molar-refractivity contribution < 1.29 is 9.59 Å². The Morgan fingerprint density at radius 3 is 2.08 bits per heavy atom. The van der Waals surface area contributed by atoms with Gasteiger partial charge in [0, 0.05) is 16.2 Å².